The van der Waals surface area contributed by atoms with Gasteiger partial charge in [0.2, 0.25) is 47.6 Å². The second-order valence-electron chi connectivity index (χ2n) is 20.5. The highest BCUT2D eigenvalue weighted by Crippen LogP contribution is 2.39. The summed E-state index contributed by atoms with van der Waals surface area (Å²) in [6, 6.07) is -0.228. The highest BCUT2D eigenvalue weighted by molar-refractivity contribution is 6.08. The van der Waals surface area contributed by atoms with Crippen LogP contribution in [0.1, 0.15) is 69.9 Å². The molecule has 424 valence electrons. The lowest BCUT2D eigenvalue weighted by Crippen LogP contribution is -2.59. The largest absolute Gasteiger partial charge is 0.481 e. The fourth-order valence-electron chi connectivity index (χ4n) is 10.4. The number of esters is 1. The lowest BCUT2D eigenvalue weighted by atomic mass is 9.96. The van der Waals surface area contributed by atoms with Crippen LogP contribution in [0.5, 0.6) is 0 Å². The number of nitrogens with zero attached hydrogens (tertiary/aromatic N) is 5. The molecule has 77 heavy (non-hydrogen) atoms. The van der Waals surface area contributed by atoms with Gasteiger partial charge >= 0.3 is 23.9 Å². The zero-order valence-corrected chi connectivity index (χ0v) is 43.5. The molecule has 0 aromatic heterocycles. The van der Waals surface area contributed by atoms with Crippen LogP contribution in [0.4, 0.5) is 5.69 Å². The molecule has 0 bridgehead atoms. The number of aliphatic carboxylic acids is 3. The molecular formula is C50H73N11O16. The van der Waals surface area contributed by atoms with Gasteiger partial charge in [0.15, 0.2) is 0 Å². The smallest absolute Gasteiger partial charge is 0.317 e. The number of carboxylic acid groups (broad SMARTS) is 3. The number of ether oxygens (including phenoxy) is 1. The molecule has 5 heterocycles. The van der Waals surface area contributed by atoms with Crippen molar-refractivity contribution in [1.29, 1.82) is 0 Å². The van der Waals surface area contributed by atoms with Crippen molar-refractivity contribution in [2.75, 3.05) is 96.5 Å². The number of para-hydroxylation sites is 1. The summed E-state index contributed by atoms with van der Waals surface area (Å²) >= 11 is 0. The van der Waals surface area contributed by atoms with Gasteiger partial charge in [0.25, 0.3) is 0 Å². The van der Waals surface area contributed by atoms with Crippen molar-refractivity contribution in [2.45, 2.75) is 108 Å². The molecule has 3 saturated heterocycles. The van der Waals surface area contributed by atoms with Gasteiger partial charge in [-0.1, -0.05) is 38.5 Å². The standard InChI is InChI=1S/C50H73N11O16/c1-3-29(2)44(48(74)54-34-8-7-31-5-4-6-32-21-36(61(45(31)32)49(34)75)47(73)55-35-22-43(71)77-50(35)76)56-38(63)24-51-37(62)23-52-46(72)33(9-10-40(65)66)53-39(64)26-57-13-11-30(12-14-57)25-58-15-17-59(27-41(67)68)19-20-60(18-16-58)28-42(69)70/h4-6,29-30,33-36,44,50,76H,3,7-28H2,1-2H3,(H,51,62)(H,52,72)(H,53,64)(H,54,74)(H,55,73)(H,56,63)(H,65,66)(H,67,68)(H,69,70)/t29-,33-,34-,35?,36-,44-,50?/m0/s1. The monoisotopic (exact) mass is 1080 g/mol. The van der Waals surface area contributed by atoms with Crippen LogP contribution in [0.2, 0.25) is 0 Å². The molecule has 5 aliphatic heterocycles. The Kier molecular flexibility index (Phi) is 21.6. The Bertz CT molecular complexity index is 2340. The summed E-state index contributed by atoms with van der Waals surface area (Å²) < 4.78 is 4.76. The number of likely N-dealkylation sites (tertiary alicyclic amines) is 1. The van der Waals surface area contributed by atoms with E-state index in [9.17, 15) is 73.2 Å². The number of aryl methyl sites for hydroxylation is 1. The number of aliphatic hydroxyl groups is 1. The molecule has 1 aromatic rings. The van der Waals surface area contributed by atoms with Crippen molar-refractivity contribution in [3.8, 4) is 0 Å². The Morgan fingerprint density at radius 2 is 1.30 bits per heavy atom. The molecule has 27 heteroatoms. The summed E-state index contributed by atoms with van der Waals surface area (Å²) in [5.41, 5.74) is 2.07. The Hall–Kier alpha value is -6.81. The molecular weight excluding hydrogens is 1010 g/mol. The van der Waals surface area contributed by atoms with Crippen molar-refractivity contribution < 1.29 is 77.9 Å². The third kappa shape index (κ3) is 17.3. The molecule has 10 N–H and O–H groups in total. The molecule has 3 fully saturated rings. The first kappa shape index (κ1) is 59.4. The van der Waals surface area contributed by atoms with E-state index in [0.717, 1.165) is 24.0 Å². The van der Waals surface area contributed by atoms with E-state index >= 15 is 0 Å². The molecule has 5 aliphatic rings. The SMILES string of the molecule is CC[C@H](C)[C@H](NC(=O)CNC(=O)CNC(=O)[C@H](CCC(=O)O)NC(=O)CN1CCC(CN2CCN(CC(=O)O)CCN(CC(=O)O)CC2)CC1)C(=O)N[C@H]1CCc2cccc3c2N(C1=O)[C@H](C(=O)NC1CC(=O)OC1O)C3. The van der Waals surface area contributed by atoms with Gasteiger partial charge in [-0.05, 0) is 68.2 Å². The summed E-state index contributed by atoms with van der Waals surface area (Å²) in [4.78, 5) is 150. The maximum absolute atomic E-state index is 14.3. The number of piperidine rings is 1. The normalized spacial score (nSPS) is 22.8. The van der Waals surface area contributed by atoms with E-state index in [2.05, 4.69) is 36.8 Å². The first-order chi connectivity index (χ1) is 36.7. The lowest BCUT2D eigenvalue weighted by Gasteiger charge is -2.35. The van der Waals surface area contributed by atoms with Crippen molar-refractivity contribution in [3.05, 3.63) is 29.3 Å². The van der Waals surface area contributed by atoms with E-state index in [1.165, 1.54) is 4.90 Å². The Balaban J connectivity index is 0.951. The summed E-state index contributed by atoms with van der Waals surface area (Å²) in [7, 11) is 0. The van der Waals surface area contributed by atoms with Crippen LogP contribution in [0.15, 0.2) is 18.2 Å². The van der Waals surface area contributed by atoms with Gasteiger partial charge in [-0.15, -0.1) is 0 Å². The average molecular weight is 1080 g/mol. The molecule has 1 aromatic carbocycles. The van der Waals surface area contributed by atoms with Gasteiger partial charge in [-0.3, -0.25) is 72.3 Å². The Morgan fingerprint density at radius 3 is 1.90 bits per heavy atom. The molecule has 0 spiro atoms. The van der Waals surface area contributed by atoms with Crippen molar-refractivity contribution in [1.82, 2.24) is 51.5 Å². The van der Waals surface area contributed by atoms with Crippen LogP contribution < -0.4 is 36.8 Å². The van der Waals surface area contributed by atoms with Crippen LogP contribution in [0, 0.1) is 11.8 Å². The zero-order valence-electron chi connectivity index (χ0n) is 43.5. The molecule has 27 nitrogen and oxygen atoms in total. The number of carbonyl (C=O) groups is 11. The van der Waals surface area contributed by atoms with Crippen LogP contribution in [0.25, 0.3) is 0 Å². The van der Waals surface area contributed by atoms with Gasteiger partial charge in [0.05, 0.1) is 44.8 Å². The molecule has 7 amide bonds. The summed E-state index contributed by atoms with van der Waals surface area (Å²) in [6.45, 7) is 6.83. The first-order valence-electron chi connectivity index (χ1n) is 26.3. The summed E-state index contributed by atoms with van der Waals surface area (Å²) in [6.07, 6.45) is 0.0362. The highest BCUT2D eigenvalue weighted by atomic mass is 16.6. The van der Waals surface area contributed by atoms with Crippen molar-refractivity contribution in [3.63, 3.8) is 0 Å². The minimum Gasteiger partial charge on any atom is -0.481 e. The Labute approximate surface area is 445 Å². The molecule has 0 saturated carbocycles. The number of rotatable bonds is 24. The van der Waals surface area contributed by atoms with E-state index in [1.807, 2.05) is 17.0 Å². The fourth-order valence-corrected chi connectivity index (χ4v) is 10.4. The van der Waals surface area contributed by atoms with Crippen LogP contribution in [-0.4, -0.2) is 233 Å². The minimum atomic E-state index is -1.55. The van der Waals surface area contributed by atoms with Crippen LogP contribution in [0.3, 0.4) is 0 Å². The van der Waals surface area contributed by atoms with Gasteiger partial charge in [0.1, 0.15) is 30.2 Å². The second kappa shape index (κ2) is 28.0. The molecule has 0 radical (unpaired) electrons. The van der Waals surface area contributed by atoms with Gasteiger partial charge in [0, 0.05) is 58.7 Å². The highest BCUT2D eigenvalue weighted by Gasteiger charge is 2.46. The van der Waals surface area contributed by atoms with E-state index in [-0.39, 0.29) is 51.2 Å². The molecule has 0 aliphatic carbocycles. The summed E-state index contributed by atoms with van der Waals surface area (Å²) in [5.74, 6) is -8.82. The number of aliphatic hydroxyl groups excluding tert-OH is 1. The van der Waals surface area contributed by atoms with Crippen LogP contribution >= 0.6 is 0 Å². The average Bonchev–Trinajstić information content (AvgIpc) is 3.93. The van der Waals surface area contributed by atoms with Gasteiger partial charge in [-0.2, -0.15) is 0 Å². The topological polar surface area (TPSA) is 366 Å². The number of hydrogen-bond donors (Lipinski definition) is 10. The fraction of sp³-hybridized carbons (Fsp3) is 0.660. The number of benzene rings is 1. The molecule has 7 atom stereocenters. The second-order valence-corrected chi connectivity index (χ2v) is 20.5. The van der Waals surface area contributed by atoms with E-state index in [1.54, 1.807) is 29.7 Å². The first-order valence-corrected chi connectivity index (χ1v) is 26.3. The Morgan fingerprint density at radius 1 is 0.688 bits per heavy atom. The van der Waals surface area contributed by atoms with Gasteiger partial charge < -0.3 is 62.0 Å². The van der Waals surface area contributed by atoms with E-state index in [4.69, 9.17) is 4.74 Å². The maximum atomic E-state index is 14.3. The van der Waals surface area contributed by atoms with Crippen molar-refractivity contribution in [2.24, 2.45) is 11.8 Å². The summed E-state index contributed by atoms with van der Waals surface area (Å²) in [5, 5.41) is 53.6. The number of nitrogens with one attached hydrogen (secondary N) is 6. The number of amides is 7. The number of cyclic esters (lactones) is 1. The number of hydrogen-bond acceptors (Lipinski definition) is 17. The molecule has 6 rings (SSSR count). The minimum absolute atomic E-state index is 0.0787. The predicted molar refractivity (Wildman–Crippen MR) is 270 cm³/mol. The third-order valence-corrected chi connectivity index (χ3v) is 14.8. The third-order valence-electron chi connectivity index (χ3n) is 14.8. The van der Waals surface area contributed by atoms with Gasteiger partial charge in [-0.25, -0.2) is 0 Å². The van der Waals surface area contributed by atoms with Crippen LogP contribution in [-0.2, 0) is 70.3 Å². The quantitative estimate of drug-likeness (QED) is 0.0442. The van der Waals surface area contributed by atoms with Crippen molar-refractivity contribution >= 4 is 70.9 Å². The number of carbonyl (C=O) groups excluding carboxylic acids is 8. The van der Waals surface area contributed by atoms with E-state index < -0.39 is 127 Å². The molecule has 2 unspecified atom stereocenters. The number of anilines is 1. The van der Waals surface area contributed by atoms with E-state index in [0.29, 0.717) is 77.4 Å². The zero-order chi connectivity index (χ0) is 55.9. The predicted octanol–water partition coefficient (Wildman–Crippen LogP) is -3.96. The number of carboxylic acids is 3. The lowest BCUT2D eigenvalue weighted by molar-refractivity contribution is -0.155. The maximum Gasteiger partial charge on any atom is 0.317 e.